The number of thioether (sulfide) groups is 1. The molecule has 1 aliphatic heterocycles. The number of hydrogen-bond donors (Lipinski definition) is 2. The fraction of sp³-hybridized carbons (Fsp3) is 0.350. The van der Waals surface area contributed by atoms with Crippen molar-refractivity contribution in [3.63, 3.8) is 0 Å². The molecule has 8 nitrogen and oxygen atoms in total. The average molecular weight is 518 g/mol. The molecule has 1 aromatic carbocycles. The molecular weight excluding hydrogens is 492 g/mol. The molecule has 0 atom stereocenters. The van der Waals surface area contributed by atoms with Crippen molar-refractivity contribution in [3.8, 4) is 0 Å². The van der Waals surface area contributed by atoms with Crippen molar-refractivity contribution in [2.45, 2.75) is 31.2 Å². The summed E-state index contributed by atoms with van der Waals surface area (Å²) in [4.78, 5) is 3.13. The number of allylic oxidation sites excluding steroid dienone is 2. The van der Waals surface area contributed by atoms with Crippen LogP contribution in [0.2, 0.25) is 0 Å². The van der Waals surface area contributed by atoms with E-state index in [4.69, 9.17) is 9.11 Å². The van der Waals surface area contributed by atoms with Gasteiger partial charge in [-0.05, 0) is 37.1 Å². The summed E-state index contributed by atoms with van der Waals surface area (Å²) in [6, 6.07) is 7.88. The molecule has 1 aliphatic rings. The van der Waals surface area contributed by atoms with E-state index in [1.54, 1.807) is 11.8 Å². The summed E-state index contributed by atoms with van der Waals surface area (Å²) in [5.74, 6) is -0.577. The third-order valence-electron chi connectivity index (χ3n) is 4.64. The number of aryl methyl sites for hydroxylation is 1. The highest BCUT2D eigenvalue weighted by atomic mass is 32.2. The minimum Gasteiger partial charge on any atom is -0.335 e. The predicted octanol–water partition coefficient (Wildman–Crippen LogP) is 3.45. The van der Waals surface area contributed by atoms with Crippen LogP contribution in [-0.2, 0) is 26.8 Å². The van der Waals surface area contributed by atoms with Gasteiger partial charge in [0.2, 0.25) is 0 Å². The molecule has 1 aromatic heterocycles. The van der Waals surface area contributed by atoms with Crippen molar-refractivity contribution in [2.24, 2.45) is 0 Å². The van der Waals surface area contributed by atoms with Crippen molar-refractivity contribution >= 4 is 55.1 Å². The molecule has 12 heteroatoms. The Hall–Kier alpha value is -1.70. The van der Waals surface area contributed by atoms with E-state index in [9.17, 15) is 16.8 Å². The molecule has 0 radical (unpaired) electrons. The minimum absolute atomic E-state index is 0.282. The van der Waals surface area contributed by atoms with Crippen LogP contribution in [0.15, 0.2) is 57.4 Å². The molecule has 0 aliphatic carbocycles. The summed E-state index contributed by atoms with van der Waals surface area (Å²) in [7, 11) is -7.98. The van der Waals surface area contributed by atoms with Crippen LogP contribution in [0.25, 0.3) is 6.08 Å². The van der Waals surface area contributed by atoms with Gasteiger partial charge in [-0.2, -0.15) is 21.4 Å². The minimum atomic E-state index is -4.01. The average Bonchev–Trinajstić information content (AvgIpc) is 3.24. The van der Waals surface area contributed by atoms with E-state index in [1.807, 2.05) is 59.5 Å². The Balaban J connectivity index is 1.77. The summed E-state index contributed by atoms with van der Waals surface area (Å²) in [5, 5.41) is 3.83. The lowest BCUT2D eigenvalue weighted by molar-refractivity contribution is -0.693. The maximum absolute atomic E-state index is 11.1. The Morgan fingerprint density at radius 1 is 1.09 bits per heavy atom. The number of para-hydroxylation sites is 1. The quantitative estimate of drug-likeness (QED) is 0.364. The molecule has 174 valence electrons. The molecule has 0 fully saturated rings. The summed E-state index contributed by atoms with van der Waals surface area (Å²) in [5.41, 5.74) is 1.98. The molecule has 0 amide bonds. The van der Waals surface area contributed by atoms with Gasteiger partial charge in [-0.3, -0.25) is 9.11 Å². The van der Waals surface area contributed by atoms with E-state index in [-0.39, 0.29) is 11.5 Å². The van der Waals surface area contributed by atoms with Crippen LogP contribution in [0, 0.1) is 0 Å². The van der Waals surface area contributed by atoms with E-state index in [2.05, 4.69) is 4.90 Å². The second-order valence-electron chi connectivity index (χ2n) is 7.31. The molecular formula is C20H25N2O6S4+. The molecule has 2 aromatic rings. The van der Waals surface area contributed by atoms with E-state index >= 15 is 0 Å². The standard InChI is InChI=1S/C20H24N2O6S4/c1-16(14-19-21(10-11-29-19)8-4-12-31(23,24)25)15-20-22(9-5-13-32(26,27)28)17-6-2-3-7-18(17)30-20/h2-3,6-7,10-11,14-15H,4-5,8-9,12-13H2,1H3,(H-,23,24,25,26,27,28)/p+1. The van der Waals surface area contributed by atoms with Crippen molar-refractivity contribution in [3.05, 3.63) is 57.5 Å². The fourth-order valence-electron chi connectivity index (χ4n) is 3.26. The number of rotatable bonds is 10. The van der Waals surface area contributed by atoms with E-state index in [0.717, 1.165) is 26.2 Å². The van der Waals surface area contributed by atoms with Gasteiger partial charge in [0.25, 0.3) is 25.2 Å². The zero-order chi connectivity index (χ0) is 23.4. The zero-order valence-corrected chi connectivity index (χ0v) is 20.7. The lowest BCUT2D eigenvalue weighted by Gasteiger charge is -2.20. The lowest BCUT2D eigenvalue weighted by atomic mass is 10.2. The van der Waals surface area contributed by atoms with Crippen molar-refractivity contribution in [2.75, 3.05) is 23.0 Å². The second kappa shape index (κ2) is 10.5. The molecule has 0 unspecified atom stereocenters. The van der Waals surface area contributed by atoms with Gasteiger partial charge >= 0.3 is 0 Å². The smallest absolute Gasteiger partial charge is 0.265 e. The zero-order valence-electron chi connectivity index (χ0n) is 17.4. The molecule has 3 rings (SSSR count). The predicted molar refractivity (Wildman–Crippen MR) is 128 cm³/mol. The highest BCUT2D eigenvalue weighted by Crippen LogP contribution is 2.46. The molecule has 32 heavy (non-hydrogen) atoms. The maximum Gasteiger partial charge on any atom is 0.265 e. The number of thiazole rings is 1. The Labute approximate surface area is 196 Å². The number of benzene rings is 1. The van der Waals surface area contributed by atoms with Gasteiger partial charge in [0.1, 0.15) is 0 Å². The largest absolute Gasteiger partial charge is 0.335 e. The molecule has 0 bridgehead atoms. The first kappa shape index (κ1) is 24.9. The highest BCUT2D eigenvalue weighted by molar-refractivity contribution is 8.03. The second-order valence-corrected chi connectivity index (χ2v) is 12.4. The van der Waals surface area contributed by atoms with Gasteiger partial charge in [0, 0.05) is 23.9 Å². The number of nitrogens with zero attached hydrogens (tertiary/aromatic N) is 2. The summed E-state index contributed by atoms with van der Waals surface area (Å²) >= 11 is 3.13. The SMILES string of the molecule is CC(=Cc1scc[n+]1CCCS(=O)(=O)O)C=C1Sc2ccccc2N1CCCS(=O)(=O)O. The van der Waals surface area contributed by atoms with Gasteiger partial charge in [-0.25, -0.2) is 0 Å². The van der Waals surface area contributed by atoms with Gasteiger partial charge < -0.3 is 4.90 Å². The molecule has 0 spiro atoms. The van der Waals surface area contributed by atoms with Crippen LogP contribution in [0.4, 0.5) is 5.69 Å². The Morgan fingerprint density at radius 2 is 1.78 bits per heavy atom. The van der Waals surface area contributed by atoms with E-state index in [0.29, 0.717) is 25.9 Å². The fourth-order valence-corrected chi connectivity index (χ4v) is 6.34. The number of aromatic nitrogens is 1. The van der Waals surface area contributed by atoms with Crippen LogP contribution in [0.1, 0.15) is 24.8 Å². The van der Waals surface area contributed by atoms with Gasteiger partial charge in [-0.1, -0.05) is 35.2 Å². The van der Waals surface area contributed by atoms with Crippen LogP contribution in [0.3, 0.4) is 0 Å². The van der Waals surface area contributed by atoms with E-state index < -0.39 is 20.2 Å². The van der Waals surface area contributed by atoms with Crippen molar-refractivity contribution in [1.29, 1.82) is 0 Å². The van der Waals surface area contributed by atoms with Gasteiger partial charge in [0.15, 0.2) is 12.7 Å². The van der Waals surface area contributed by atoms with Crippen LogP contribution in [0.5, 0.6) is 0 Å². The third-order valence-corrected chi connectivity index (χ3v) is 8.21. The molecule has 2 heterocycles. The monoisotopic (exact) mass is 517 g/mol. The highest BCUT2D eigenvalue weighted by Gasteiger charge is 2.25. The normalized spacial score (nSPS) is 16.0. The third kappa shape index (κ3) is 7.42. The van der Waals surface area contributed by atoms with Crippen molar-refractivity contribution in [1.82, 2.24) is 0 Å². The Kier molecular flexibility index (Phi) is 8.17. The molecule has 0 saturated heterocycles. The first-order valence-electron chi connectivity index (χ1n) is 9.83. The Morgan fingerprint density at radius 3 is 2.50 bits per heavy atom. The van der Waals surface area contributed by atoms with Gasteiger partial charge in [-0.15, -0.1) is 0 Å². The van der Waals surface area contributed by atoms with Crippen molar-refractivity contribution < 1.29 is 30.5 Å². The number of anilines is 1. The first-order valence-corrected chi connectivity index (χ1v) is 14.7. The summed E-state index contributed by atoms with van der Waals surface area (Å²) < 4.78 is 64.0. The number of hydrogen-bond acceptors (Lipinski definition) is 7. The van der Waals surface area contributed by atoms with Crippen LogP contribution >= 0.6 is 23.1 Å². The van der Waals surface area contributed by atoms with Gasteiger partial charge in [0.05, 0.1) is 27.6 Å². The summed E-state index contributed by atoms with van der Waals surface area (Å²) in [6.45, 7) is 2.90. The van der Waals surface area contributed by atoms with Crippen LogP contribution in [-0.4, -0.2) is 44.0 Å². The first-order chi connectivity index (χ1) is 15.0. The maximum atomic E-state index is 11.1. The van der Waals surface area contributed by atoms with E-state index in [1.165, 1.54) is 11.3 Å². The van der Waals surface area contributed by atoms with Crippen LogP contribution < -0.4 is 9.47 Å². The molecule has 0 saturated carbocycles. The summed E-state index contributed by atoms with van der Waals surface area (Å²) in [6.07, 6.45) is 6.52. The lowest BCUT2D eigenvalue weighted by Crippen LogP contribution is -2.34. The topological polar surface area (TPSA) is 116 Å². The molecule has 2 N–H and O–H groups in total. The number of fused-ring (bicyclic) bond motifs is 1. The Bertz CT molecular complexity index is 1230.